The smallest absolute Gasteiger partial charge is 0.314 e. The number of nitrogens with one attached hydrogen (secondary N) is 2. The third-order valence-corrected chi connectivity index (χ3v) is 3.52. The third kappa shape index (κ3) is 4.68. The molecule has 0 radical (unpaired) electrons. The van der Waals surface area contributed by atoms with Crippen molar-refractivity contribution in [2.75, 3.05) is 10.6 Å². The van der Waals surface area contributed by atoms with Gasteiger partial charge in [-0.15, -0.1) is 0 Å². The Bertz CT molecular complexity index is 696. The largest absolute Gasteiger partial charge is 0.318 e. The highest BCUT2D eigenvalue weighted by Crippen LogP contribution is 2.23. The molecule has 0 heterocycles. The number of anilines is 2. The van der Waals surface area contributed by atoms with E-state index in [1.807, 2.05) is 31.2 Å². The molecule has 0 aliphatic heterocycles. The summed E-state index contributed by atoms with van der Waals surface area (Å²) in [6.07, 6.45) is 0. The first-order chi connectivity index (χ1) is 10.8. The van der Waals surface area contributed by atoms with Gasteiger partial charge in [0.25, 0.3) is 0 Å². The second-order valence-electron chi connectivity index (χ2n) is 6.60. The molecule has 4 heteroatoms. The molecule has 0 aliphatic carbocycles. The molecule has 2 aromatic carbocycles. The fourth-order valence-corrected chi connectivity index (χ4v) is 2.07. The third-order valence-electron chi connectivity index (χ3n) is 3.52. The Morgan fingerprint density at radius 2 is 1.13 bits per heavy atom. The van der Waals surface area contributed by atoms with Crippen LogP contribution in [0.4, 0.5) is 11.4 Å². The Morgan fingerprint density at radius 3 is 1.52 bits per heavy atom. The molecule has 2 N–H and O–H groups in total. The average Bonchev–Trinajstić information content (AvgIpc) is 2.49. The van der Waals surface area contributed by atoms with E-state index in [9.17, 15) is 9.59 Å². The van der Waals surface area contributed by atoms with Crippen LogP contribution < -0.4 is 10.6 Å². The summed E-state index contributed by atoms with van der Waals surface area (Å²) >= 11 is 0. The molecule has 23 heavy (non-hydrogen) atoms. The van der Waals surface area contributed by atoms with Crippen LogP contribution >= 0.6 is 0 Å². The summed E-state index contributed by atoms with van der Waals surface area (Å²) in [4.78, 5) is 23.8. The van der Waals surface area contributed by atoms with Gasteiger partial charge in [0.2, 0.25) is 0 Å². The van der Waals surface area contributed by atoms with Gasteiger partial charge >= 0.3 is 11.8 Å². The first-order valence-corrected chi connectivity index (χ1v) is 7.55. The maximum Gasteiger partial charge on any atom is 0.314 e. The highest BCUT2D eigenvalue weighted by molar-refractivity contribution is 6.43. The van der Waals surface area contributed by atoms with Crippen molar-refractivity contribution >= 4 is 23.2 Å². The fourth-order valence-electron chi connectivity index (χ4n) is 2.07. The number of amides is 2. The fraction of sp³-hybridized carbons (Fsp3) is 0.263. The monoisotopic (exact) mass is 310 g/mol. The van der Waals surface area contributed by atoms with Gasteiger partial charge < -0.3 is 10.6 Å². The molecule has 2 amide bonds. The van der Waals surface area contributed by atoms with Crippen LogP contribution in [-0.2, 0) is 15.0 Å². The van der Waals surface area contributed by atoms with Crippen LogP contribution in [0.3, 0.4) is 0 Å². The standard InChI is InChI=1S/C19H22N2O2/c1-13-5-9-15(10-6-13)20-17(22)18(23)21-16-11-7-14(8-12-16)19(2,3)4/h5-12H,1-4H3,(H,20,22)(H,21,23). The molecule has 0 bridgehead atoms. The maximum absolute atomic E-state index is 11.9. The van der Waals surface area contributed by atoms with E-state index in [0.717, 1.165) is 5.56 Å². The average molecular weight is 310 g/mol. The van der Waals surface area contributed by atoms with Crippen LogP contribution in [-0.4, -0.2) is 11.8 Å². The molecule has 0 saturated heterocycles. The van der Waals surface area contributed by atoms with Gasteiger partial charge in [0, 0.05) is 11.4 Å². The first kappa shape index (κ1) is 16.7. The lowest BCUT2D eigenvalue weighted by Gasteiger charge is -2.19. The number of carbonyl (C=O) groups is 2. The van der Waals surface area contributed by atoms with E-state index in [2.05, 4.69) is 31.4 Å². The Kier molecular flexibility index (Phi) is 4.84. The van der Waals surface area contributed by atoms with E-state index in [-0.39, 0.29) is 5.41 Å². The highest BCUT2D eigenvalue weighted by Gasteiger charge is 2.16. The summed E-state index contributed by atoms with van der Waals surface area (Å²) in [5.41, 5.74) is 3.50. The second kappa shape index (κ2) is 6.65. The van der Waals surface area contributed by atoms with Crippen LogP contribution in [0.5, 0.6) is 0 Å². The molecule has 2 aromatic rings. The zero-order valence-electron chi connectivity index (χ0n) is 13.9. The zero-order valence-corrected chi connectivity index (χ0v) is 13.9. The molecule has 0 aromatic heterocycles. The van der Waals surface area contributed by atoms with Crippen molar-refractivity contribution in [3.8, 4) is 0 Å². The van der Waals surface area contributed by atoms with Gasteiger partial charge in [0.15, 0.2) is 0 Å². The van der Waals surface area contributed by atoms with Crippen molar-refractivity contribution in [3.63, 3.8) is 0 Å². The van der Waals surface area contributed by atoms with E-state index in [1.54, 1.807) is 24.3 Å². The second-order valence-corrected chi connectivity index (χ2v) is 6.60. The van der Waals surface area contributed by atoms with Gasteiger partial charge in [-0.05, 0) is 42.2 Å². The summed E-state index contributed by atoms with van der Waals surface area (Å²) < 4.78 is 0. The maximum atomic E-state index is 11.9. The van der Waals surface area contributed by atoms with Crippen molar-refractivity contribution in [1.82, 2.24) is 0 Å². The van der Waals surface area contributed by atoms with E-state index in [0.29, 0.717) is 11.4 Å². The van der Waals surface area contributed by atoms with Crippen LogP contribution in [0, 0.1) is 6.92 Å². The first-order valence-electron chi connectivity index (χ1n) is 7.55. The van der Waals surface area contributed by atoms with Crippen LogP contribution in [0.2, 0.25) is 0 Å². The summed E-state index contributed by atoms with van der Waals surface area (Å²) in [7, 11) is 0. The number of hydrogen-bond donors (Lipinski definition) is 2. The van der Waals surface area contributed by atoms with Crippen molar-refractivity contribution in [2.45, 2.75) is 33.1 Å². The molecule has 0 unspecified atom stereocenters. The summed E-state index contributed by atoms with van der Waals surface area (Å²) in [6.45, 7) is 8.32. The highest BCUT2D eigenvalue weighted by atomic mass is 16.2. The number of hydrogen-bond acceptors (Lipinski definition) is 2. The van der Waals surface area contributed by atoms with Gasteiger partial charge in [-0.2, -0.15) is 0 Å². The molecule has 0 spiro atoms. The Labute approximate surface area is 136 Å². The van der Waals surface area contributed by atoms with Gasteiger partial charge in [-0.3, -0.25) is 9.59 Å². The lowest BCUT2D eigenvalue weighted by molar-refractivity contribution is -0.132. The predicted molar refractivity (Wildman–Crippen MR) is 93.6 cm³/mol. The Hall–Kier alpha value is -2.62. The molecule has 120 valence electrons. The quantitative estimate of drug-likeness (QED) is 0.827. The van der Waals surface area contributed by atoms with Gasteiger partial charge in [0.05, 0.1) is 0 Å². The minimum absolute atomic E-state index is 0.0470. The molecule has 2 rings (SSSR count). The minimum Gasteiger partial charge on any atom is -0.318 e. The molecular weight excluding hydrogens is 288 g/mol. The summed E-state index contributed by atoms with van der Waals surface area (Å²) in [6, 6.07) is 14.8. The van der Waals surface area contributed by atoms with Crippen LogP contribution in [0.15, 0.2) is 48.5 Å². The molecule has 0 aliphatic rings. The van der Waals surface area contributed by atoms with E-state index in [1.165, 1.54) is 5.56 Å². The van der Waals surface area contributed by atoms with E-state index < -0.39 is 11.8 Å². The van der Waals surface area contributed by atoms with E-state index in [4.69, 9.17) is 0 Å². The molecule has 0 atom stereocenters. The number of carbonyl (C=O) groups excluding carboxylic acids is 2. The van der Waals surface area contributed by atoms with Gasteiger partial charge in [-0.1, -0.05) is 50.6 Å². The zero-order chi connectivity index (χ0) is 17.0. The molecule has 0 fully saturated rings. The van der Waals surface area contributed by atoms with Crippen molar-refractivity contribution in [3.05, 3.63) is 59.7 Å². The lowest BCUT2D eigenvalue weighted by Crippen LogP contribution is -2.29. The lowest BCUT2D eigenvalue weighted by atomic mass is 9.87. The summed E-state index contributed by atoms with van der Waals surface area (Å²) in [5.74, 6) is -1.37. The van der Waals surface area contributed by atoms with Crippen molar-refractivity contribution in [2.24, 2.45) is 0 Å². The van der Waals surface area contributed by atoms with Gasteiger partial charge in [0.1, 0.15) is 0 Å². The normalized spacial score (nSPS) is 11.0. The SMILES string of the molecule is Cc1ccc(NC(=O)C(=O)Nc2ccc(C(C)(C)C)cc2)cc1. The topological polar surface area (TPSA) is 58.2 Å². The Balaban J connectivity index is 1.98. The number of rotatable bonds is 2. The molecule has 0 saturated carbocycles. The van der Waals surface area contributed by atoms with Crippen molar-refractivity contribution < 1.29 is 9.59 Å². The van der Waals surface area contributed by atoms with Crippen LogP contribution in [0.25, 0.3) is 0 Å². The predicted octanol–water partition coefficient (Wildman–Crippen LogP) is 3.87. The summed E-state index contributed by atoms with van der Waals surface area (Å²) in [5, 5.41) is 5.17. The number of aryl methyl sites for hydroxylation is 1. The van der Waals surface area contributed by atoms with E-state index >= 15 is 0 Å². The molecular formula is C19H22N2O2. The van der Waals surface area contributed by atoms with Crippen LogP contribution in [0.1, 0.15) is 31.9 Å². The Morgan fingerprint density at radius 1 is 0.739 bits per heavy atom. The van der Waals surface area contributed by atoms with Gasteiger partial charge in [-0.25, -0.2) is 0 Å². The molecule has 4 nitrogen and oxygen atoms in total. The number of benzene rings is 2. The minimum atomic E-state index is -0.686. The van der Waals surface area contributed by atoms with Crippen molar-refractivity contribution in [1.29, 1.82) is 0 Å².